The van der Waals surface area contributed by atoms with Crippen molar-refractivity contribution >= 4 is 33.2 Å². The van der Waals surface area contributed by atoms with Gasteiger partial charge in [-0.25, -0.2) is 0 Å². The second-order valence-corrected chi connectivity index (χ2v) is 6.80. The van der Waals surface area contributed by atoms with Crippen molar-refractivity contribution in [2.24, 2.45) is 0 Å². The van der Waals surface area contributed by atoms with Crippen LogP contribution < -0.4 is 5.32 Å². The highest BCUT2D eigenvalue weighted by Crippen LogP contribution is 2.18. The van der Waals surface area contributed by atoms with Gasteiger partial charge in [0.1, 0.15) is 0 Å². The third-order valence-electron chi connectivity index (χ3n) is 2.80. The molecule has 4 heteroatoms. The number of benzene rings is 1. The van der Waals surface area contributed by atoms with Gasteiger partial charge in [0, 0.05) is 26.7 Å². The van der Waals surface area contributed by atoms with Crippen molar-refractivity contribution < 1.29 is 4.79 Å². The minimum Gasteiger partial charge on any atom is -0.349 e. The lowest BCUT2D eigenvalue weighted by Crippen LogP contribution is -2.34. The number of thiophene rings is 1. The molecule has 0 saturated heterocycles. The first-order valence-corrected chi connectivity index (χ1v) is 7.78. The van der Waals surface area contributed by atoms with Crippen LogP contribution in [0.15, 0.2) is 40.9 Å². The number of hydrogen-bond acceptors (Lipinski definition) is 2. The molecule has 1 atom stereocenters. The molecule has 1 aromatic carbocycles. The number of amides is 1. The minimum atomic E-state index is -0.0340. The van der Waals surface area contributed by atoms with Gasteiger partial charge in [-0.3, -0.25) is 4.79 Å². The molecule has 1 amide bonds. The quantitative estimate of drug-likeness (QED) is 0.890. The summed E-state index contributed by atoms with van der Waals surface area (Å²) in [6.07, 6.45) is 0.870. The zero-order valence-corrected chi connectivity index (χ0v) is 13.3. The van der Waals surface area contributed by atoms with Crippen LogP contribution in [0.25, 0.3) is 0 Å². The number of rotatable bonds is 4. The third-order valence-corrected chi connectivity index (χ3v) is 4.51. The lowest BCUT2D eigenvalue weighted by Gasteiger charge is -2.13. The molecule has 0 radical (unpaired) electrons. The Labute approximate surface area is 126 Å². The largest absolute Gasteiger partial charge is 0.349 e. The third kappa shape index (κ3) is 3.91. The summed E-state index contributed by atoms with van der Waals surface area (Å²) in [6.45, 7) is 4.13. The van der Waals surface area contributed by atoms with E-state index in [9.17, 15) is 4.79 Å². The van der Waals surface area contributed by atoms with Gasteiger partial charge in [-0.2, -0.15) is 0 Å². The lowest BCUT2D eigenvalue weighted by molar-refractivity contribution is 0.0939. The Morgan fingerprint density at radius 1 is 1.32 bits per heavy atom. The molecular formula is C15H16BrNOS. The van der Waals surface area contributed by atoms with Gasteiger partial charge in [0.25, 0.3) is 5.91 Å². The Hall–Kier alpha value is -1.13. The summed E-state index contributed by atoms with van der Waals surface area (Å²) >= 11 is 5.18. The van der Waals surface area contributed by atoms with E-state index in [1.807, 2.05) is 31.2 Å². The van der Waals surface area contributed by atoms with E-state index in [1.165, 1.54) is 9.75 Å². The van der Waals surface area contributed by atoms with Crippen LogP contribution in [0.4, 0.5) is 0 Å². The normalized spacial score (nSPS) is 12.2. The monoisotopic (exact) mass is 337 g/mol. The predicted molar refractivity (Wildman–Crippen MR) is 83.8 cm³/mol. The molecule has 1 aromatic heterocycles. The van der Waals surface area contributed by atoms with Crippen LogP contribution in [0.1, 0.15) is 27.0 Å². The number of carbonyl (C=O) groups excluding carboxylic acids is 1. The molecule has 1 unspecified atom stereocenters. The summed E-state index contributed by atoms with van der Waals surface area (Å²) < 4.78 is 0.826. The molecule has 0 saturated carbocycles. The van der Waals surface area contributed by atoms with Gasteiger partial charge in [-0.1, -0.05) is 12.1 Å². The van der Waals surface area contributed by atoms with E-state index in [-0.39, 0.29) is 11.9 Å². The molecule has 19 heavy (non-hydrogen) atoms. The summed E-state index contributed by atoms with van der Waals surface area (Å²) in [5, 5.41) is 3.03. The van der Waals surface area contributed by atoms with E-state index in [2.05, 4.69) is 40.3 Å². The molecule has 0 fully saturated rings. The Morgan fingerprint density at radius 2 is 2.05 bits per heavy atom. The van der Waals surface area contributed by atoms with Gasteiger partial charge >= 0.3 is 0 Å². The Balaban J connectivity index is 1.97. The van der Waals surface area contributed by atoms with Gasteiger partial charge < -0.3 is 5.32 Å². The number of hydrogen-bond donors (Lipinski definition) is 1. The fourth-order valence-electron chi connectivity index (χ4n) is 1.89. The topological polar surface area (TPSA) is 29.1 Å². The molecule has 0 aliphatic heterocycles. The second-order valence-electron chi connectivity index (χ2n) is 4.57. The van der Waals surface area contributed by atoms with Crippen LogP contribution in [0.2, 0.25) is 0 Å². The fourth-order valence-corrected chi connectivity index (χ4v) is 3.38. The zero-order chi connectivity index (χ0) is 13.8. The summed E-state index contributed by atoms with van der Waals surface area (Å²) in [5.41, 5.74) is 0.678. The second kappa shape index (κ2) is 6.35. The van der Waals surface area contributed by atoms with E-state index in [1.54, 1.807) is 11.3 Å². The molecule has 0 spiro atoms. The van der Waals surface area contributed by atoms with Crippen molar-refractivity contribution in [1.29, 1.82) is 0 Å². The van der Waals surface area contributed by atoms with Gasteiger partial charge in [-0.05, 0) is 54.0 Å². The molecular weight excluding hydrogens is 322 g/mol. The average molecular weight is 338 g/mol. The van der Waals surface area contributed by atoms with Crippen molar-refractivity contribution in [2.75, 3.05) is 0 Å². The van der Waals surface area contributed by atoms with Crippen LogP contribution in [0.3, 0.4) is 0 Å². The summed E-state index contributed by atoms with van der Waals surface area (Å²) in [5.74, 6) is -0.0340. The summed E-state index contributed by atoms with van der Waals surface area (Å²) in [4.78, 5) is 14.7. The van der Waals surface area contributed by atoms with Gasteiger partial charge in [0.05, 0.1) is 5.56 Å². The van der Waals surface area contributed by atoms with Gasteiger partial charge in [-0.15, -0.1) is 11.3 Å². The number of halogens is 1. The van der Waals surface area contributed by atoms with Crippen LogP contribution in [0, 0.1) is 6.92 Å². The van der Waals surface area contributed by atoms with E-state index >= 15 is 0 Å². The lowest BCUT2D eigenvalue weighted by atomic mass is 10.1. The van der Waals surface area contributed by atoms with E-state index < -0.39 is 0 Å². The highest BCUT2D eigenvalue weighted by molar-refractivity contribution is 9.10. The van der Waals surface area contributed by atoms with Crippen LogP contribution in [0.5, 0.6) is 0 Å². The maximum absolute atomic E-state index is 12.1. The first kappa shape index (κ1) is 14.3. The number of aryl methyl sites for hydroxylation is 1. The Morgan fingerprint density at radius 3 is 2.68 bits per heavy atom. The van der Waals surface area contributed by atoms with Gasteiger partial charge in [0.2, 0.25) is 0 Å². The van der Waals surface area contributed by atoms with E-state index in [0.29, 0.717) is 5.56 Å². The smallest absolute Gasteiger partial charge is 0.252 e. The Bertz CT molecular complexity index is 579. The highest BCUT2D eigenvalue weighted by atomic mass is 79.9. The zero-order valence-electron chi connectivity index (χ0n) is 10.9. The molecule has 1 heterocycles. The predicted octanol–water partition coefficient (Wildman–Crippen LogP) is 4.18. The van der Waals surface area contributed by atoms with Crippen molar-refractivity contribution in [3.8, 4) is 0 Å². The summed E-state index contributed by atoms with van der Waals surface area (Å²) in [6, 6.07) is 11.8. The first-order valence-electron chi connectivity index (χ1n) is 6.17. The van der Waals surface area contributed by atoms with Crippen LogP contribution >= 0.6 is 27.3 Å². The fraction of sp³-hybridized carbons (Fsp3) is 0.267. The SMILES string of the molecule is Cc1ccc(CC(C)NC(=O)c2ccccc2Br)s1. The Kier molecular flexibility index (Phi) is 4.77. The first-order chi connectivity index (χ1) is 9.06. The molecule has 2 aromatic rings. The molecule has 100 valence electrons. The standard InChI is InChI=1S/C15H16BrNOS/c1-10(9-12-8-7-11(2)19-12)17-15(18)13-5-3-4-6-14(13)16/h3-8,10H,9H2,1-2H3,(H,17,18). The number of carbonyl (C=O) groups is 1. The maximum atomic E-state index is 12.1. The van der Waals surface area contributed by atoms with E-state index in [0.717, 1.165) is 10.9 Å². The molecule has 1 N–H and O–H groups in total. The van der Waals surface area contributed by atoms with Crippen molar-refractivity contribution in [1.82, 2.24) is 5.32 Å². The maximum Gasteiger partial charge on any atom is 0.252 e. The van der Waals surface area contributed by atoms with Gasteiger partial charge in [0.15, 0.2) is 0 Å². The summed E-state index contributed by atoms with van der Waals surface area (Å²) in [7, 11) is 0. The minimum absolute atomic E-state index is 0.0340. The average Bonchev–Trinajstić information content (AvgIpc) is 2.74. The van der Waals surface area contributed by atoms with E-state index in [4.69, 9.17) is 0 Å². The highest BCUT2D eigenvalue weighted by Gasteiger charge is 2.13. The molecule has 0 aliphatic carbocycles. The molecule has 2 nitrogen and oxygen atoms in total. The van der Waals surface area contributed by atoms with Crippen molar-refractivity contribution in [3.05, 3.63) is 56.2 Å². The van der Waals surface area contributed by atoms with Crippen molar-refractivity contribution in [2.45, 2.75) is 26.3 Å². The van der Waals surface area contributed by atoms with Crippen molar-refractivity contribution in [3.63, 3.8) is 0 Å². The van der Waals surface area contributed by atoms with Crippen LogP contribution in [-0.4, -0.2) is 11.9 Å². The number of nitrogens with one attached hydrogen (secondary N) is 1. The molecule has 0 aliphatic rings. The molecule has 2 rings (SSSR count). The molecule has 0 bridgehead atoms. The van der Waals surface area contributed by atoms with Crippen LogP contribution in [-0.2, 0) is 6.42 Å².